The van der Waals surface area contributed by atoms with Gasteiger partial charge in [0.25, 0.3) is 0 Å². The zero-order chi connectivity index (χ0) is 9.84. The summed E-state index contributed by atoms with van der Waals surface area (Å²) >= 11 is 5.88. The van der Waals surface area contributed by atoms with Gasteiger partial charge in [0.15, 0.2) is 0 Å². The second kappa shape index (κ2) is 4.42. The fraction of sp³-hybridized carbons (Fsp3) is 0.444. The molecule has 1 aromatic rings. The van der Waals surface area contributed by atoms with E-state index in [1.807, 2.05) is 18.7 Å². The summed E-state index contributed by atoms with van der Waals surface area (Å²) < 4.78 is 12.8. The van der Waals surface area contributed by atoms with Crippen molar-refractivity contribution in [1.29, 1.82) is 0 Å². The van der Waals surface area contributed by atoms with Crippen LogP contribution in [0.1, 0.15) is 13.8 Å². The number of hydrogen-bond donors (Lipinski definition) is 0. The van der Waals surface area contributed by atoms with E-state index < -0.39 is 5.95 Å². The second-order valence-electron chi connectivity index (χ2n) is 2.63. The molecule has 0 aliphatic heterocycles. The molecule has 0 saturated heterocycles. The normalized spacial score (nSPS) is 10.2. The summed E-state index contributed by atoms with van der Waals surface area (Å²) in [5.74, 6) is -0.494. The highest BCUT2D eigenvalue weighted by Crippen LogP contribution is 2.24. The molecule has 72 valence electrons. The number of hydrogen-bond acceptors (Lipinski definition) is 2. The first-order valence-corrected chi connectivity index (χ1v) is 4.62. The fourth-order valence-corrected chi connectivity index (χ4v) is 1.43. The first-order valence-electron chi connectivity index (χ1n) is 4.25. The third-order valence-electron chi connectivity index (χ3n) is 1.91. The Morgan fingerprint density at radius 3 is 2.62 bits per heavy atom. The number of aromatic nitrogens is 1. The standard InChI is InChI=1S/C9H12ClFN2/c1-3-13(4-2)8-5-9(11)12-6-7(8)10/h5-6H,3-4H2,1-2H3. The molecule has 0 aliphatic rings. The minimum Gasteiger partial charge on any atom is -0.371 e. The van der Waals surface area contributed by atoms with Crippen LogP contribution < -0.4 is 4.90 Å². The second-order valence-corrected chi connectivity index (χ2v) is 3.04. The lowest BCUT2D eigenvalue weighted by atomic mass is 10.3. The Kier molecular flexibility index (Phi) is 3.48. The molecule has 0 bridgehead atoms. The van der Waals surface area contributed by atoms with Crippen LogP contribution in [0.5, 0.6) is 0 Å². The maximum Gasteiger partial charge on any atom is 0.214 e. The van der Waals surface area contributed by atoms with Crippen LogP contribution in [0.2, 0.25) is 5.02 Å². The van der Waals surface area contributed by atoms with E-state index >= 15 is 0 Å². The largest absolute Gasteiger partial charge is 0.371 e. The van der Waals surface area contributed by atoms with E-state index in [1.54, 1.807) is 0 Å². The predicted octanol–water partition coefficient (Wildman–Crippen LogP) is 2.72. The minimum atomic E-state index is -0.494. The average Bonchev–Trinajstić information content (AvgIpc) is 2.13. The molecule has 4 heteroatoms. The molecular weight excluding hydrogens is 191 g/mol. The smallest absolute Gasteiger partial charge is 0.214 e. The van der Waals surface area contributed by atoms with Gasteiger partial charge >= 0.3 is 0 Å². The fourth-order valence-electron chi connectivity index (χ4n) is 1.21. The summed E-state index contributed by atoms with van der Waals surface area (Å²) in [6.45, 7) is 5.61. The van der Waals surface area contributed by atoms with Crippen LogP contribution in [0.3, 0.4) is 0 Å². The van der Waals surface area contributed by atoms with Crippen LogP contribution in [0.25, 0.3) is 0 Å². The van der Waals surface area contributed by atoms with Crippen LogP contribution in [0.4, 0.5) is 10.1 Å². The Morgan fingerprint density at radius 2 is 2.08 bits per heavy atom. The molecule has 0 amide bonds. The molecule has 0 saturated carbocycles. The van der Waals surface area contributed by atoms with Crippen molar-refractivity contribution in [1.82, 2.24) is 4.98 Å². The van der Waals surface area contributed by atoms with E-state index in [1.165, 1.54) is 12.3 Å². The molecule has 0 unspecified atom stereocenters. The molecule has 0 radical (unpaired) electrons. The van der Waals surface area contributed by atoms with Crippen LogP contribution in [0, 0.1) is 5.95 Å². The van der Waals surface area contributed by atoms with E-state index in [-0.39, 0.29) is 0 Å². The molecule has 0 N–H and O–H groups in total. The van der Waals surface area contributed by atoms with Crippen molar-refractivity contribution in [2.24, 2.45) is 0 Å². The maximum atomic E-state index is 12.8. The Hall–Kier alpha value is -0.830. The van der Waals surface area contributed by atoms with Crippen LogP contribution in [-0.4, -0.2) is 18.1 Å². The minimum absolute atomic E-state index is 0.491. The van der Waals surface area contributed by atoms with E-state index in [4.69, 9.17) is 11.6 Å². The number of pyridine rings is 1. The number of halogens is 2. The summed E-state index contributed by atoms with van der Waals surface area (Å²) in [6, 6.07) is 1.36. The van der Waals surface area contributed by atoms with Gasteiger partial charge in [-0.15, -0.1) is 0 Å². The number of anilines is 1. The topological polar surface area (TPSA) is 16.1 Å². The lowest BCUT2D eigenvalue weighted by Crippen LogP contribution is -2.22. The molecular formula is C9H12ClFN2. The van der Waals surface area contributed by atoms with Gasteiger partial charge in [-0.3, -0.25) is 0 Å². The van der Waals surface area contributed by atoms with Gasteiger partial charge in [0.2, 0.25) is 5.95 Å². The van der Waals surface area contributed by atoms with Gasteiger partial charge in [-0.05, 0) is 13.8 Å². The quantitative estimate of drug-likeness (QED) is 0.701. The van der Waals surface area contributed by atoms with Crippen LogP contribution >= 0.6 is 11.6 Å². The molecule has 0 aromatic carbocycles. The number of nitrogens with zero attached hydrogens (tertiary/aromatic N) is 2. The van der Waals surface area contributed by atoms with E-state index in [0.717, 1.165) is 13.1 Å². The lowest BCUT2D eigenvalue weighted by molar-refractivity contribution is 0.583. The first-order chi connectivity index (χ1) is 6.19. The summed E-state index contributed by atoms with van der Waals surface area (Å²) in [4.78, 5) is 5.44. The Bertz CT molecular complexity index is 287. The molecule has 0 atom stereocenters. The van der Waals surface area contributed by atoms with Gasteiger partial charge in [0.1, 0.15) is 0 Å². The summed E-state index contributed by atoms with van der Waals surface area (Å²) in [5, 5.41) is 0.491. The molecule has 1 rings (SSSR count). The Balaban J connectivity index is 3.03. The summed E-state index contributed by atoms with van der Waals surface area (Å²) in [7, 11) is 0. The molecule has 0 spiro atoms. The average molecular weight is 203 g/mol. The highest BCUT2D eigenvalue weighted by Gasteiger charge is 2.08. The van der Waals surface area contributed by atoms with Crippen molar-refractivity contribution in [3.8, 4) is 0 Å². The molecule has 1 aromatic heterocycles. The first kappa shape index (κ1) is 10.3. The SMILES string of the molecule is CCN(CC)c1cc(F)ncc1Cl. The molecule has 2 nitrogen and oxygen atoms in total. The van der Waals surface area contributed by atoms with E-state index in [2.05, 4.69) is 4.98 Å². The number of rotatable bonds is 3. The van der Waals surface area contributed by atoms with Gasteiger partial charge in [-0.1, -0.05) is 11.6 Å². The maximum absolute atomic E-state index is 12.8. The van der Waals surface area contributed by atoms with Crippen molar-refractivity contribution >= 4 is 17.3 Å². The molecule has 0 fully saturated rings. The van der Waals surface area contributed by atoms with Gasteiger partial charge < -0.3 is 4.90 Å². The molecule has 1 heterocycles. The third-order valence-corrected chi connectivity index (χ3v) is 2.20. The molecule has 0 aliphatic carbocycles. The van der Waals surface area contributed by atoms with E-state index in [9.17, 15) is 4.39 Å². The van der Waals surface area contributed by atoms with Gasteiger partial charge in [-0.2, -0.15) is 4.39 Å². The highest BCUT2D eigenvalue weighted by atomic mass is 35.5. The monoisotopic (exact) mass is 202 g/mol. The predicted molar refractivity (Wildman–Crippen MR) is 52.8 cm³/mol. The van der Waals surface area contributed by atoms with Crippen LogP contribution in [-0.2, 0) is 0 Å². The summed E-state index contributed by atoms with van der Waals surface area (Å²) in [6.07, 6.45) is 1.34. The third kappa shape index (κ3) is 2.31. The molecule has 13 heavy (non-hydrogen) atoms. The van der Waals surface area contributed by atoms with Crippen molar-refractivity contribution in [2.75, 3.05) is 18.0 Å². The lowest BCUT2D eigenvalue weighted by Gasteiger charge is -2.21. The van der Waals surface area contributed by atoms with E-state index in [0.29, 0.717) is 10.7 Å². The van der Waals surface area contributed by atoms with Crippen LogP contribution in [0.15, 0.2) is 12.3 Å². The Morgan fingerprint density at radius 1 is 1.46 bits per heavy atom. The van der Waals surface area contributed by atoms with Crippen molar-refractivity contribution in [3.63, 3.8) is 0 Å². The summed E-state index contributed by atoms with van der Waals surface area (Å²) in [5.41, 5.74) is 0.708. The highest BCUT2D eigenvalue weighted by molar-refractivity contribution is 6.33. The van der Waals surface area contributed by atoms with Gasteiger partial charge in [0, 0.05) is 19.2 Å². The van der Waals surface area contributed by atoms with Crippen molar-refractivity contribution < 1.29 is 4.39 Å². The van der Waals surface area contributed by atoms with Crippen molar-refractivity contribution in [3.05, 3.63) is 23.2 Å². The van der Waals surface area contributed by atoms with Gasteiger partial charge in [0.05, 0.1) is 16.9 Å². The van der Waals surface area contributed by atoms with Crippen molar-refractivity contribution in [2.45, 2.75) is 13.8 Å². The zero-order valence-corrected chi connectivity index (χ0v) is 8.48. The zero-order valence-electron chi connectivity index (χ0n) is 7.72. The van der Waals surface area contributed by atoms with Gasteiger partial charge in [-0.25, -0.2) is 4.98 Å². The Labute approximate surface area is 82.3 Å².